The molecule has 1 aliphatic carbocycles. The number of hydrogen-bond donors (Lipinski definition) is 3. The molecule has 6 rings (SSSR count). The Bertz CT molecular complexity index is 2300. The van der Waals surface area contributed by atoms with Crippen LogP contribution in [0.3, 0.4) is 0 Å². The summed E-state index contributed by atoms with van der Waals surface area (Å²) in [5.41, 5.74) is 7.50. The number of carbonyl (C=O) groups excluding carboxylic acids is 2. The van der Waals surface area contributed by atoms with Crippen LogP contribution in [0.2, 0.25) is 0 Å². The van der Waals surface area contributed by atoms with Gasteiger partial charge in [-0.25, -0.2) is 9.78 Å². The Kier molecular flexibility index (Phi) is 20.1. The number of benzene rings is 3. The number of thiazole rings is 1. The molecule has 0 aliphatic heterocycles. The highest BCUT2D eigenvalue weighted by Gasteiger charge is 2.33. The van der Waals surface area contributed by atoms with Crippen LogP contribution in [0, 0.1) is 12.3 Å². The first-order valence-electron chi connectivity index (χ1n) is 22.3. The molecule has 16 heteroatoms. The van der Waals surface area contributed by atoms with Gasteiger partial charge in [0.2, 0.25) is 0 Å². The third-order valence-electron chi connectivity index (χ3n) is 10.8. The lowest BCUT2D eigenvalue weighted by Gasteiger charge is -2.29. The molecule has 5 aromatic rings. The minimum Gasteiger partial charge on any atom is -0.491 e. The largest absolute Gasteiger partial charge is 0.491 e. The quantitative estimate of drug-likeness (QED) is 0.0391. The number of carboxylic acid groups (broad SMARTS) is 1. The van der Waals surface area contributed by atoms with Crippen molar-refractivity contribution in [1.82, 2.24) is 4.98 Å². The van der Waals surface area contributed by atoms with Gasteiger partial charge in [-0.3, -0.25) is 9.59 Å². The smallest absolute Gasteiger partial charge is 0.329 e. The molecule has 0 saturated carbocycles. The molecule has 1 aliphatic rings. The first-order chi connectivity index (χ1) is 32.0. The van der Waals surface area contributed by atoms with Gasteiger partial charge in [0.05, 0.1) is 78.2 Å². The second kappa shape index (κ2) is 26.3. The zero-order valence-electron chi connectivity index (χ0n) is 38.0. The van der Waals surface area contributed by atoms with Crippen LogP contribution >= 0.6 is 22.7 Å². The molecule has 354 valence electrons. The number of amides is 2. The van der Waals surface area contributed by atoms with Crippen molar-refractivity contribution >= 4 is 51.1 Å². The number of aliphatic carboxylic acids is 1. The molecule has 0 spiro atoms. The number of nitrogens with one attached hydrogen (secondary N) is 2. The Morgan fingerprint density at radius 1 is 0.742 bits per heavy atom. The van der Waals surface area contributed by atoms with Gasteiger partial charge in [-0.2, -0.15) is 0 Å². The van der Waals surface area contributed by atoms with E-state index in [1.165, 1.54) is 22.5 Å². The van der Waals surface area contributed by atoms with Gasteiger partial charge in [-0.15, -0.1) is 22.7 Å². The molecule has 66 heavy (non-hydrogen) atoms. The maximum absolute atomic E-state index is 14.2. The zero-order chi connectivity index (χ0) is 46.6. The van der Waals surface area contributed by atoms with E-state index in [2.05, 4.69) is 66.7 Å². The van der Waals surface area contributed by atoms with E-state index in [4.69, 9.17) is 38.3 Å². The average Bonchev–Trinajstić information content (AvgIpc) is 3.96. The number of carbonyl (C=O) groups is 3. The Hall–Kier alpha value is -5.04. The summed E-state index contributed by atoms with van der Waals surface area (Å²) in [6.45, 7) is 10.7. The van der Waals surface area contributed by atoms with E-state index in [0.717, 1.165) is 58.7 Å². The van der Waals surface area contributed by atoms with Crippen molar-refractivity contribution in [3.05, 3.63) is 117 Å². The predicted octanol–water partition coefficient (Wildman–Crippen LogP) is 8.55. The summed E-state index contributed by atoms with van der Waals surface area (Å²) in [5, 5.41) is 18.3. The lowest BCUT2D eigenvalue weighted by molar-refractivity contribution is -0.142. The van der Waals surface area contributed by atoms with Gasteiger partial charge in [-0.1, -0.05) is 50.2 Å². The van der Waals surface area contributed by atoms with Gasteiger partial charge < -0.3 is 48.9 Å². The molecular weight excluding hydrogens is 883 g/mol. The topological polar surface area (TPSA) is 173 Å². The summed E-state index contributed by atoms with van der Waals surface area (Å²) in [6, 6.07) is 21.7. The first-order valence-corrected chi connectivity index (χ1v) is 24.0. The minimum atomic E-state index is -1.01. The van der Waals surface area contributed by atoms with Crippen molar-refractivity contribution < 1.29 is 52.6 Å². The van der Waals surface area contributed by atoms with Crippen LogP contribution in [0.1, 0.15) is 68.1 Å². The van der Waals surface area contributed by atoms with Crippen LogP contribution in [0.25, 0.3) is 10.6 Å². The van der Waals surface area contributed by atoms with Crippen LogP contribution in [-0.2, 0) is 58.9 Å². The van der Waals surface area contributed by atoms with Crippen LogP contribution in [-0.4, -0.2) is 114 Å². The van der Waals surface area contributed by atoms with Crippen molar-refractivity contribution in [1.29, 1.82) is 0 Å². The summed E-state index contributed by atoms with van der Waals surface area (Å²) in [7, 11) is 0. The first kappa shape index (κ1) is 50.4. The Labute approximate surface area is 394 Å². The summed E-state index contributed by atoms with van der Waals surface area (Å²) < 4.78 is 38.2. The Morgan fingerprint density at radius 3 is 2.02 bits per heavy atom. The monoisotopic (exact) mass is 943 g/mol. The summed E-state index contributed by atoms with van der Waals surface area (Å²) in [6.07, 6.45) is 6.16. The normalized spacial score (nSPS) is 13.0. The highest BCUT2D eigenvalue weighted by molar-refractivity contribution is 7.17. The molecule has 14 nitrogen and oxygen atoms in total. The fourth-order valence-electron chi connectivity index (χ4n) is 7.32. The van der Waals surface area contributed by atoms with E-state index in [-0.39, 0.29) is 37.0 Å². The molecule has 3 N–H and O–H groups in total. The van der Waals surface area contributed by atoms with E-state index in [1.54, 1.807) is 35.6 Å². The fourth-order valence-corrected chi connectivity index (χ4v) is 9.46. The summed E-state index contributed by atoms with van der Waals surface area (Å²) in [5.74, 6) is -1.02. The van der Waals surface area contributed by atoms with Crippen molar-refractivity contribution in [2.45, 2.75) is 52.9 Å². The lowest BCUT2D eigenvalue weighted by Crippen LogP contribution is -2.23. The van der Waals surface area contributed by atoms with E-state index in [1.807, 2.05) is 23.7 Å². The number of aromatic nitrogens is 1. The highest BCUT2D eigenvalue weighted by Crippen LogP contribution is 2.44. The van der Waals surface area contributed by atoms with Crippen LogP contribution < -0.4 is 15.4 Å². The van der Waals surface area contributed by atoms with Crippen molar-refractivity contribution in [3.8, 4) is 16.3 Å². The molecule has 0 saturated heterocycles. The number of fused-ring (bicyclic) bond motifs is 1. The van der Waals surface area contributed by atoms with Crippen molar-refractivity contribution in [2.75, 3.05) is 96.5 Å². The molecule has 0 fully saturated rings. The number of anilines is 2. The van der Waals surface area contributed by atoms with Gasteiger partial charge in [0.15, 0.2) is 0 Å². The van der Waals surface area contributed by atoms with E-state index in [0.29, 0.717) is 93.6 Å². The van der Waals surface area contributed by atoms with E-state index < -0.39 is 5.97 Å². The predicted molar refractivity (Wildman–Crippen MR) is 257 cm³/mol. The molecule has 0 radical (unpaired) electrons. The number of nitrogens with zero attached hydrogens (tertiary/aromatic N) is 1. The SMILES string of the molecule is Cc1cc(NC(=O)c2c(NC(=O)c3cccc(OCCOCCOCCOCCOCCOCCOCC(=O)O)c3)sc3c2CCC(C)(C)C3)ccc1CCc1ccc(-c2nccs2)cc1. The third-order valence-corrected chi connectivity index (χ3v) is 12.8. The maximum Gasteiger partial charge on any atom is 0.329 e. The average molecular weight is 944 g/mol. The van der Waals surface area contributed by atoms with Crippen LogP contribution in [0.15, 0.2) is 78.3 Å². The second-order valence-corrected chi connectivity index (χ2v) is 18.5. The molecule has 0 atom stereocenters. The van der Waals surface area contributed by atoms with Gasteiger partial charge in [0.1, 0.15) is 29.0 Å². The standard InChI is InChI=1S/C50H61N3O11S2/c1-35-31-40(14-13-37(35)10-7-36-8-11-38(12-9-36)48-51-17-30-65-48)52-47(57)45-42-15-16-50(2,3)33-43(42)66-49(45)53-46(56)39-5-4-6-41(32-39)64-29-28-62-25-24-60-21-20-58-18-19-59-22-23-61-26-27-63-34-44(54)55/h4-6,8-9,11-14,17,30-32H,7,10,15-16,18-29,33-34H2,1-3H3,(H,52,57)(H,53,56)(H,54,55). The summed E-state index contributed by atoms with van der Waals surface area (Å²) >= 11 is 3.13. The van der Waals surface area contributed by atoms with Crippen LogP contribution in [0.4, 0.5) is 10.7 Å². The molecule has 3 aromatic carbocycles. The number of aryl methyl sites for hydroxylation is 3. The maximum atomic E-state index is 14.2. The highest BCUT2D eigenvalue weighted by atomic mass is 32.1. The number of carboxylic acids is 1. The second-order valence-electron chi connectivity index (χ2n) is 16.5. The zero-order valence-corrected chi connectivity index (χ0v) is 39.7. The number of ether oxygens (including phenoxy) is 7. The molecular formula is C50H61N3O11S2. The van der Waals surface area contributed by atoms with Gasteiger partial charge in [0, 0.05) is 33.3 Å². The Morgan fingerprint density at radius 2 is 1.39 bits per heavy atom. The van der Waals surface area contributed by atoms with E-state index >= 15 is 0 Å². The molecule has 2 heterocycles. The Balaban J connectivity index is 0.906. The number of thiophene rings is 1. The minimum absolute atomic E-state index is 0.0985. The van der Waals surface area contributed by atoms with Gasteiger partial charge >= 0.3 is 5.97 Å². The van der Waals surface area contributed by atoms with Gasteiger partial charge in [0.25, 0.3) is 11.8 Å². The molecule has 0 unspecified atom stereocenters. The molecule has 2 aromatic heterocycles. The third kappa shape index (κ3) is 16.4. The molecule has 2 amide bonds. The summed E-state index contributed by atoms with van der Waals surface area (Å²) in [4.78, 5) is 43.8. The van der Waals surface area contributed by atoms with Crippen LogP contribution in [0.5, 0.6) is 5.75 Å². The van der Waals surface area contributed by atoms with Gasteiger partial charge in [-0.05, 0) is 97.0 Å². The fraction of sp³-hybridized carbons (Fsp3) is 0.440. The number of hydrogen-bond acceptors (Lipinski definition) is 13. The van der Waals surface area contributed by atoms with Crippen molar-refractivity contribution in [2.24, 2.45) is 5.41 Å². The van der Waals surface area contributed by atoms with Crippen molar-refractivity contribution in [3.63, 3.8) is 0 Å². The lowest BCUT2D eigenvalue weighted by atomic mass is 9.77. The molecule has 0 bridgehead atoms. The van der Waals surface area contributed by atoms with E-state index in [9.17, 15) is 14.4 Å². The number of rotatable bonds is 29.